The second kappa shape index (κ2) is 8.27. The Morgan fingerprint density at radius 2 is 1.89 bits per heavy atom. The lowest BCUT2D eigenvalue weighted by Gasteiger charge is -2.41. The predicted molar refractivity (Wildman–Crippen MR) is 104 cm³/mol. The molecule has 0 bridgehead atoms. The Morgan fingerprint density at radius 3 is 2.59 bits per heavy atom. The van der Waals surface area contributed by atoms with Crippen molar-refractivity contribution in [2.45, 2.75) is 31.7 Å². The van der Waals surface area contributed by atoms with E-state index in [-0.39, 0.29) is 18.4 Å². The summed E-state index contributed by atoms with van der Waals surface area (Å²) in [7, 11) is 0. The second-order valence-corrected chi connectivity index (χ2v) is 7.51. The van der Waals surface area contributed by atoms with E-state index in [0.717, 1.165) is 69.0 Å². The summed E-state index contributed by atoms with van der Waals surface area (Å²) in [5, 5.41) is 11.6. The van der Waals surface area contributed by atoms with Gasteiger partial charge in [0, 0.05) is 31.6 Å². The third-order valence-corrected chi connectivity index (χ3v) is 5.85. The van der Waals surface area contributed by atoms with Gasteiger partial charge in [-0.15, -0.1) is 0 Å². The molecule has 0 unspecified atom stereocenters. The number of amides is 1. The molecule has 0 atom stereocenters. The fraction of sp³-hybridized carbons (Fsp3) is 0.600. The van der Waals surface area contributed by atoms with Crippen molar-refractivity contribution in [2.75, 3.05) is 44.2 Å². The van der Waals surface area contributed by atoms with Crippen molar-refractivity contribution < 1.29 is 14.3 Å². The number of para-hydroxylation sites is 2. The number of likely N-dealkylation sites (tertiary alicyclic amines) is 1. The first kappa shape index (κ1) is 18.3. The van der Waals surface area contributed by atoms with Crippen LogP contribution in [0.5, 0.6) is 0 Å². The molecule has 2 aromatic rings. The smallest absolute Gasteiger partial charge is 0.298 e. The molecular formula is C20H28N4O3. The van der Waals surface area contributed by atoms with Gasteiger partial charge in [-0.05, 0) is 50.9 Å². The lowest BCUT2D eigenvalue weighted by Crippen LogP contribution is -2.49. The van der Waals surface area contributed by atoms with Crippen LogP contribution >= 0.6 is 0 Å². The zero-order valence-corrected chi connectivity index (χ0v) is 15.6. The first-order valence-corrected chi connectivity index (χ1v) is 9.98. The Labute approximate surface area is 159 Å². The van der Waals surface area contributed by atoms with E-state index < -0.39 is 0 Å². The van der Waals surface area contributed by atoms with Gasteiger partial charge in [-0.3, -0.25) is 4.79 Å². The van der Waals surface area contributed by atoms with Gasteiger partial charge in [0.05, 0.1) is 6.61 Å². The first-order valence-electron chi connectivity index (χ1n) is 9.98. The Hall–Kier alpha value is -2.12. The van der Waals surface area contributed by atoms with Gasteiger partial charge in [-0.25, -0.2) is 0 Å². The summed E-state index contributed by atoms with van der Waals surface area (Å²) in [6.45, 7) is 4.22. The topological polar surface area (TPSA) is 81.8 Å². The van der Waals surface area contributed by atoms with Crippen molar-refractivity contribution in [3.8, 4) is 0 Å². The second-order valence-electron chi connectivity index (χ2n) is 7.51. The highest BCUT2D eigenvalue weighted by Crippen LogP contribution is 2.28. The maximum Gasteiger partial charge on any atom is 0.298 e. The molecule has 0 spiro atoms. The molecule has 1 aromatic heterocycles. The highest BCUT2D eigenvalue weighted by Gasteiger charge is 2.31. The van der Waals surface area contributed by atoms with E-state index in [1.165, 1.54) is 0 Å². The maximum absolute atomic E-state index is 12.0. The Bertz CT molecular complexity index is 728. The minimum absolute atomic E-state index is 0.00322. The molecule has 0 aliphatic carbocycles. The zero-order valence-electron chi connectivity index (χ0n) is 15.6. The number of nitrogens with one attached hydrogen (secondary N) is 1. The molecule has 7 heteroatoms. The quantitative estimate of drug-likeness (QED) is 0.830. The summed E-state index contributed by atoms with van der Waals surface area (Å²) in [5.41, 5.74) is 1.76. The van der Waals surface area contributed by atoms with Crippen LogP contribution in [0.2, 0.25) is 0 Å². The van der Waals surface area contributed by atoms with Crippen LogP contribution in [0.3, 0.4) is 0 Å². The molecular weight excluding hydrogens is 344 g/mol. The third kappa shape index (κ3) is 4.09. The average Bonchev–Trinajstić information content (AvgIpc) is 3.16. The van der Waals surface area contributed by atoms with E-state index >= 15 is 0 Å². The SMILES string of the molecule is O=C(NCCO)C1CCN(C2CCN(c3nc4ccccc4o3)CC2)CC1. The maximum atomic E-state index is 12.0. The van der Waals surface area contributed by atoms with Crippen LogP contribution in [-0.2, 0) is 4.79 Å². The van der Waals surface area contributed by atoms with Gasteiger partial charge in [0.2, 0.25) is 5.91 Å². The first-order chi connectivity index (χ1) is 13.2. The molecule has 2 N–H and O–H groups in total. The van der Waals surface area contributed by atoms with Crippen molar-refractivity contribution in [2.24, 2.45) is 5.92 Å². The van der Waals surface area contributed by atoms with E-state index in [1.54, 1.807) is 0 Å². The van der Waals surface area contributed by atoms with Crippen LogP contribution in [0.15, 0.2) is 28.7 Å². The number of aliphatic hydroxyl groups is 1. The molecule has 0 radical (unpaired) electrons. The number of carbonyl (C=O) groups excluding carboxylic acids is 1. The van der Waals surface area contributed by atoms with Crippen LogP contribution in [0.1, 0.15) is 25.7 Å². The van der Waals surface area contributed by atoms with Crippen LogP contribution in [0.25, 0.3) is 11.1 Å². The molecule has 1 aromatic carbocycles. The van der Waals surface area contributed by atoms with Crippen molar-refractivity contribution in [1.29, 1.82) is 0 Å². The number of carbonyl (C=O) groups is 1. The fourth-order valence-corrected chi connectivity index (χ4v) is 4.27. The third-order valence-electron chi connectivity index (χ3n) is 5.85. The summed E-state index contributed by atoms with van der Waals surface area (Å²) in [6, 6.07) is 9.20. The van der Waals surface area contributed by atoms with Gasteiger partial charge < -0.3 is 24.6 Å². The van der Waals surface area contributed by atoms with Crippen molar-refractivity contribution in [3.63, 3.8) is 0 Å². The monoisotopic (exact) mass is 372 g/mol. The summed E-state index contributed by atoms with van der Waals surface area (Å²) in [6.07, 6.45) is 4.01. The molecule has 2 aliphatic heterocycles. The normalized spacial score (nSPS) is 20.3. The van der Waals surface area contributed by atoms with Gasteiger partial charge in [-0.1, -0.05) is 12.1 Å². The number of hydrogen-bond donors (Lipinski definition) is 2. The summed E-state index contributed by atoms with van der Waals surface area (Å²) in [5.74, 6) is 0.183. The lowest BCUT2D eigenvalue weighted by molar-refractivity contribution is -0.126. The van der Waals surface area contributed by atoms with Crippen molar-refractivity contribution in [3.05, 3.63) is 24.3 Å². The highest BCUT2D eigenvalue weighted by atomic mass is 16.4. The minimum atomic E-state index is 0.00322. The number of aromatic nitrogens is 1. The van der Waals surface area contributed by atoms with Crippen LogP contribution in [0.4, 0.5) is 6.01 Å². The number of anilines is 1. The number of benzene rings is 1. The van der Waals surface area contributed by atoms with Crippen LogP contribution in [-0.4, -0.2) is 66.3 Å². The molecule has 3 heterocycles. The molecule has 0 saturated carbocycles. The van der Waals surface area contributed by atoms with Gasteiger partial charge in [-0.2, -0.15) is 4.98 Å². The summed E-state index contributed by atoms with van der Waals surface area (Å²) >= 11 is 0. The zero-order chi connectivity index (χ0) is 18.6. The van der Waals surface area contributed by atoms with E-state index in [1.807, 2.05) is 24.3 Å². The fourth-order valence-electron chi connectivity index (χ4n) is 4.27. The number of fused-ring (bicyclic) bond motifs is 1. The summed E-state index contributed by atoms with van der Waals surface area (Å²) in [4.78, 5) is 21.4. The number of aliphatic hydroxyl groups excluding tert-OH is 1. The van der Waals surface area contributed by atoms with E-state index in [0.29, 0.717) is 12.6 Å². The standard InChI is InChI=1S/C20H28N4O3/c25-14-9-21-19(26)15-5-10-23(11-6-15)16-7-12-24(13-8-16)20-22-17-3-1-2-4-18(17)27-20/h1-4,15-16,25H,5-14H2,(H,21,26). The van der Waals surface area contributed by atoms with Crippen molar-refractivity contribution in [1.82, 2.24) is 15.2 Å². The van der Waals surface area contributed by atoms with Gasteiger partial charge >= 0.3 is 0 Å². The van der Waals surface area contributed by atoms with Gasteiger partial charge in [0.1, 0.15) is 5.52 Å². The van der Waals surface area contributed by atoms with Gasteiger partial charge in [0.15, 0.2) is 5.58 Å². The molecule has 2 saturated heterocycles. The van der Waals surface area contributed by atoms with E-state index in [4.69, 9.17) is 9.52 Å². The summed E-state index contributed by atoms with van der Waals surface area (Å²) < 4.78 is 5.90. The Morgan fingerprint density at radius 1 is 1.15 bits per heavy atom. The Balaban J connectivity index is 1.27. The predicted octanol–water partition coefficient (Wildman–Crippen LogP) is 1.62. The van der Waals surface area contributed by atoms with E-state index in [9.17, 15) is 4.79 Å². The highest BCUT2D eigenvalue weighted by molar-refractivity contribution is 5.78. The largest absolute Gasteiger partial charge is 0.423 e. The van der Waals surface area contributed by atoms with Crippen molar-refractivity contribution >= 4 is 23.0 Å². The number of oxazole rings is 1. The molecule has 27 heavy (non-hydrogen) atoms. The number of rotatable bonds is 5. The number of piperidine rings is 2. The molecule has 1 amide bonds. The number of nitrogens with zero attached hydrogens (tertiary/aromatic N) is 3. The minimum Gasteiger partial charge on any atom is -0.423 e. The molecule has 4 rings (SSSR count). The van der Waals surface area contributed by atoms with Crippen LogP contribution < -0.4 is 10.2 Å². The lowest BCUT2D eigenvalue weighted by atomic mass is 9.93. The Kier molecular flexibility index (Phi) is 5.59. The van der Waals surface area contributed by atoms with E-state index in [2.05, 4.69) is 20.1 Å². The molecule has 2 fully saturated rings. The average molecular weight is 372 g/mol. The number of hydrogen-bond acceptors (Lipinski definition) is 6. The molecule has 7 nitrogen and oxygen atoms in total. The molecule has 2 aliphatic rings. The van der Waals surface area contributed by atoms with Gasteiger partial charge in [0.25, 0.3) is 6.01 Å². The van der Waals surface area contributed by atoms with Crippen LogP contribution in [0, 0.1) is 5.92 Å². The molecule has 146 valence electrons.